The van der Waals surface area contributed by atoms with Crippen molar-refractivity contribution in [3.8, 4) is 0 Å². The van der Waals surface area contributed by atoms with E-state index < -0.39 is 29.6 Å². The number of amides is 1. The van der Waals surface area contributed by atoms with Crippen LogP contribution in [0.15, 0.2) is 12.1 Å². The van der Waals surface area contributed by atoms with Gasteiger partial charge in [0.25, 0.3) is 5.91 Å². The van der Waals surface area contributed by atoms with Gasteiger partial charge in [-0.25, -0.2) is 8.78 Å². The van der Waals surface area contributed by atoms with Crippen LogP contribution in [0.4, 0.5) is 8.78 Å². The highest BCUT2D eigenvalue weighted by molar-refractivity contribution is 6.33. The maximum atomic E-state index is 13.0. The second-order valence-corrected chi connectivity index (χ2v) is 4.46. The minimum Gasteiger partial charge on any atom is -0.481 e. The van der Waals surface area contributed by atoms with Crippen molar-refractivity contribution in [2.75, 3.05) is 0 Å². The average Bonchev–Trinajstić information content (AvgIpc) is 2.31. The highest BCUT2D eigenvalue weighted by atomic mass is 35.5. The Bertz CT molecular complexity index is 508. The van der Waals surface area contributed by atoms with Crippen molar-refractivity contribution in [3.05, 3.63) is 34.4 Å². The molecule has 1 atom stereocenters. The largest absolute Gasteiger partial charge is 0.481 e. The van der Waals surface area contributed by atoms with E-state index in [0.29, 0.717) is 12.1 Å². The number of rotatable bonds is 5. The summed E-state index contributed by atoms with van der Waals surface area (Å²) in [6.45, 7) is 1.61. The molecule has 0 aliphatic heterocycles. The van der Waals surface area contributed by atoms with Gasteiger partial charge in [0.1, 0.15) is 0 Å². The van der Waals surface area contributed by atoms with Gasteiger partial charge in [0.15, 0.2) is 11.6 Å². The standard InChI is InChI=1S/C12H12ClF2NO3/c1-6(2-3-11(17)18)16-12(19)7-4-9(14)10(15)5-8(7)13/h4-6H,2-3H2,1H3,(H,16,19)(H,17,18). The molecule has 1 aromatic rings. The van der Waals surface area contributed by atoms with Crippen LogP contribution in [0.3, 0.4) is 0 Å². The number of carbonyl (C=O) groups excluding carboxylic acids is 1. The summed E-state index contributed by atoms with van der Waals surface area (Å²) in [6.07, 6.45) is 0.120. The lowest BCUT2D eigenvalue weighted by Gasteiger charge is -2.13. The first-order valence-corrected chi connectivity index (χ1v) is 5.86. The van der Waals surface area contributed by atoms with Crippen LogP contribution in [-0.4, -0.2) is 23.0 Å². The van der Waals surface area contributed by atoms with Crippen LogP contribution >= 0.6 is 11.6 Å². The molecule has 7 heteroatoms. The van der Waals surface area contributed by atoms with Crippen molar-refractivity contribution in [1.82, 2.24) is 5.32 Å². The minimum atomic E-state index is -1.17. The molecule has 0 aromatic heterocycles. The van der Waals surface area contributed by atoms with Gasteiger partial charge in [-0.15, -0.1) is 0 Å². The van der Waals surface area contributed by atoms with Gasteiger partial charge in [0.05, 0.1) is 10.6 Å². The molecule has 0 radical (unpaired) electrons. The Hall–Kier alpha value is -1.69. The summed E-state index contributed by atoms with van der Waals surface area (Å²) in [5.41, 5.74) is -0.192. The molecule has 0 aliphatic rings. The van der Waals surface area contributed by atoms with E-state index in [2.05, 4.69) is 5.32 Å². The topological polar surface area (TPSA) is 66.4 Å². The molecular formula is C12H12ClF2NO3. The van der Waals surface area contributed by atoms with E-state index in [9.17, 15) is 18.4 Å². The molecule has 19 heavy (non-hydrogen) atoms. The summed E-state index contributed by atoms with van der Waals surface area (Å²) in [4.78, 5) is 22.1. The van der Waals surface area contributed by atoms with Crippen LogP contribution in [0.2, 0.25) is 5.02 Å². The highest BCUT2D eigenvalue weighted by Crippen LogP contribution is 2.20. The van der Waals surface area contributed by atoms with Gasteiger partial charge in [-0.3, -0.25) is 9.59 Å². The first kappa shape index (κ1) is 15.4. The van der Waals surface area contributed by atoms with Crippen LogP contribution in [0.5, 0.6) is 0 Å². The lowest BCUT2D eigenvalue weighted by atomic mass is 10.1. The maximum absolute atomic E-state index is 13.0. The molecular weight excluding hydrogens is 280 g/mol. The van der Waals surface area contributed by atoms with Crippen LogP contribution in [0.25, 0.3) is 0 Å². The van der Waals surface area contributed by atoms with Crippen LogP contribution in [0, 0.1) is 11.6 Å². The number of halogens is 3. The molecule has 0 heterocycles. The minimum absolute atomic E-state index is 0.104. The molecule has 0 aliphatic carbocycles. The summed E-state index contributed by atoms with van der Waals surface area (Å²) in [5.74, 6) is -3.97. The average molecular weight is 292 g/mol. The van der Waals surface area contributed by atoms with Gasteiger partial charge < -0.3 is 10.4 Å². The number of benzene rings is 1. The third-order valence-corrected chi connectivity index (χ3v) is 2.74. The Morgan fingerprint density at radius 2 is 1.95 bits per heavy atom. The Morgan fingerprint density at radius 3 is 2.53 bits per heavy atom. The third-order valence-electron chi connectivity index (χ3n) is 2.42. The van der Waals surface area contributed by atoms with Crippen molar-refractivity contribution in [1.29, 1.82) is 0 Å². The maximum Gasteiger partial charge on any atom is 0.303 e. The third kappa shape index (κ3) is 4.48. The molecule has 1 aromatic carbocycles. The number of hydrogen-bond acceptors (Lipinski definition) is 2. The molecule has 0 spiro atoms. The molecule has 2 N–H and O–H groups in total. The van der Waals surface area contributed by atoms with E-state index in [0.717, 1.165) is 0 Å². The fourth-order valence-electron chi connectivity index (χ4n) is 1.41. The number of carbonyl (C=O) groups is 2. The molecule has 104 valence electrons. The fraction of sp³-hybridized carbons (Fsp3) is 0.333. The summed E-state index contributed by atoms with van der Waals surface area (Å²) in [5, 5.41) is 10.8. The Labute approximate surface area is 113 Å². The summed E-state index contributed by atoms with van der Waals surface area (Å²) >= 11 is 5.65. The van der Waals surface area contributed by atoms with Crippen molar-refractivity contribution in [3.63, 3.8) is 0 Å². The van der Waals surface area contributed by atoms with E-state index >= 15 is 0 Å². The summed E-state index contributed by atoms with van der Waals surface area (Å²) in [6, 6.07) is 0.998. The SMILES string of the molecule is CC(CCC(=O)O)NC(=O)c1cc(F)c(F)cc1Cl. The van der Waals surface area contributed by atoms with Gasteiger partial charge in [0.2, 0.25) is 0 Å². The number of carboxylic acids is 1. The zero-order chi connectivity index (χ0) is 14.6. The normalized spacial score (nSPS) is 12.0. The molecule has 1 rings (SSSR count). The van der Waals surface area contributed by atoms with Gasteiger partial charge in [0, 0.05) is 12.5 Å². The lowest BCUT2D eigenvalue weighted by molar-refractivity contribution is -0.137. The predicted octanol–water partition coefficient (Wildman–Crippen LogP) is 2.60. The molecule has 4 nitrogen and oxygen atoms in total. The smallest absolute Gasteiger partial charge is 0.303 e. The van der Waals surface area contributed by atoms with Crippen molar-refractivity contribution in [2.24, 2.45) is 0 Å². The molecule has 0 saturated carbocycles. The van der Waals surface area contributed by atoms with Gasteiger partial charge in [-0.1, -0.05) is 11.6 Å². The second-order valence-electron chi connectivity index (χ2n) is 4.05. The van der Waals surface area contributed by atoms with Crippen LogP contribution in [-0.2, 0) is 4.79 Å². The fourth-order valence-corrected chi connectivity index (χ4v) is 1.65. The van der Waals surface area contributed by atoms with Gasteiger partial charge in [-0.05, 0) is 25.5 Å². The summed E-state index contributed by atoms with van der Waals surface area (Å²) in [7, 11) is 0. The number of hydrogen-bond donors (Lipinski definition) is 2. The van der Waals surface area contributed by atoms with E-state index in [1.165, 1.54) is 0 Å². The first-order chi connectivity index (χ1) is 8.81. The zero-order valence-electron chi connectivity index (χ0n) is 10.0. The van der Waals surface area contributed by atoms with Crippen LogP contribution < -0.4 is 5.32 Å². The second kappa shape index (κ2) is 6.47. The molecule has 1 unspecified atom stereocenters. The Kier molecular flexibility index (Phi) is 5.23. The Morgan fingerprint density at radius 1 is 1.37 bits per heavy atom. The quantitative estimate of drug-likeness (QED) is 0.820. The molecule has 0 bridgehead atoms. The van der Waals surface area contributed by atoms with Crippen molar-refractivity contribution < 1.29 is 23.5 Å². The highest BCUT2D eigenvalue weighted by Gasteiger charge is 2.17. The predicted molar refractivity (Wildman–Crippen MR) is 65.2 cm³/mol. The van der Waals surface area contributed by atoms with Crippen molar-refractivity contribution >= 4 is 23.5 Å². The Balaban J connectivity index is 2.73. The number of carboxylic acid groups (broad SMARTS) is 1. The molecule has 1 amide bonds. The number of nitrogens with one attached hydrogen (secondary N) is 1. The van der Waals surface area contributed by atoms with Crippen LogP contribution in [0.1, 0.15) is 30.1 Å². The van der Waals surface area contributed by atoms with Crippen molar-refractivity contribution in [2.45, 2.75) is 25.8 Å². The van der Waals surface area contributed by atoms with E-state index in [1.54, 1.807) is 6.92 Å². The van der Waals surface area contributed by atoms with Gasteiger partial charge in [-0.2, -0.15) is 0 Å². The zero-order valence-corrected chi connectivity index (χ0v) is 10.8. The van der Waals surface area contributed by atoms with E-state index in [1.807, 2.05) is 0 Å². The monoisotopic (exact) mass is 291 g/mol. The van der Waals surface area contributed by atoms with E-state index in [4.69, 9.17) is 16.7 Å². The molecule has 0 saturated heterocycles. The van der Waals surface area contributed by atoms with Gasteiger partial charge >= 0.3 is 5.97 Å². The number of aliphatic carboxylic acids is 1. The lowest BCUT2D eigenvalue weighted by Crippen LogP contribution is -2.33. The van der Waals surface area contributed by atoms with E-state index in [-0.39, 0.29) is 23.4 Å². The summed E-state index contributed by atoms with van der Waals surface area (Å²) < 4.78 is 25.9. The first-order valence-electron chi connectivity index (χ1n) is 5.48. The molecule has 0 fully saturated rings.